The first-order valence-electron chi connectivity index (χ1n) is 27.4. The maximum absolute atomic E-state index is 14.5. The maximum atomic E-state index is 14.5. The van der Waals surface area contributed by atoms with E-state index in [0.717, 1.165) is 58.8 Å². The lowest BCUT2D eigenvalue weighted by molar-refractivity contribution is -0.136. The van der Waals surface area contributed by atoms with Crippen molar-refractivity contribution in [2.75, 3.05) is 13.1 Å². The van der Waals surface area contributed by atoms with Crippen molar-refractivity contribution < 1.29 is 28.7 Å². The Morgan fingerprint density at radius 1 is 0.623 bits per heavy atom. The van der Waals surface area contributed by atoms with Crippen LogP contribution in [-0.4, -0.2) is 78.9 Å². The van der Waals surface area contributed by atoms with Gasteiger partial charge in [-0.2, -0.15) is 0 Å². The van der Waals surface area contributed by atoms with Gasteiger partial charge in [0.15, 0.2) is 0 Å². The molecule has 2 unspecified atom stereocenters. The van der Waals surface area contributed by atoms with Crippen LogP contribution in [0.2, 0.25) is 0 Å². The van der Waals surface area contributed by atoms with Crippen LogP contribution in [0.3, 0.4) is 0 Å². The summed E-state index contributed by atoms with van der Waals surface area (Å²) in [6.45, 7) is 17.5. The summed E-state index contributed by atoms with van der Waals surface area (Å²) < 4.78 is 11.0. The Morgan fingerprint density at radius 3 is 1.70 bits per heavy atom. The van der Waals surface area contributed by atoms with E-state index in [-0.39, 0.29) is 46.6 Å². The molecule has 77 heavy (non-hydrogen) atoms. The predicted molar refractivity (Wildman–Crippen MR) is 298 cm³/mol. The third-order valence-corrected chi connectivity index (χ3v) is 16.5. The van der Waals surface area contributed by atoms with Crippen molar-refractivity contribution in [2.24, 2.45) is 28.6 Å². The molecule has 2 saturated heterocycles. The zero-order valence-electron chi connectivity index (χ0n) is 45.4. The van der Waals surface area contributed by atoms with E-state index in [1.165, 1.54) is 40.7 Å². The third kappa shape index (κ3) is 10.3. The van der Waals surface area contributed by atoms with Crippen LogP contribution in [0, 0.1) is 28.6 Å². The number of fused-ring (bicyclic) bond motifs is 4. The number of benzene rings is 5. The number of amides is 4. The number of nitrogens with one attached hydrogen (secondary N) is 4. The summed E-state index contributed by atoms with van der Waals surface area (Å²) in [6.07, 6.45) is 5.44. The van der Waals surface area contributed by atoms with E-state index in [1.54, 1.807) is 48.5 Å². The summed E-state index contributed by atoms with van der Waals surface area (Å²) >= 11 is 0. The highest BCUT2D eigenvalue weighted by Gasteiger charge is 2.47. The second kappa shape index (κ2) is 20.3. The van der Waals surface area contributed by atoms with Gasteiger partial charge in [-0.05, 0) is 142 Å². The monoisotopic (exact) mass is 1030 g/mol. The molecule has 0 spiro atoms. The molecule has 2 aliphatic heterocycles. The lowest BCUT2D eigenvalue weighted by atomic mass is 9.73. The lowest BCUT2D eigenvalue weighted by Gasteiger charge is -2.31. The van der Waals surface area contributed by atoms with Crippen LogP contribution >= 0.6 is 0 Å². The van der Waals surface area contributed by atoms with E-state index >= 15 is 0 Å². The SMILES string of the molecule is CC(C)[C@H](NC(=O)Oc1ccccc1)C(=O)N1CC(C)(C)C[C@H]1c1ncc(-c2ccc(-c3ccc(-c4ccc5nc([C@@H]6CC(C)(C)CN6C(=O)[C@@H](NC(=O)Oc6ccccc6)C(C)C)[nH]c5c4)c4c3C3CCC3C4)cc2)[nH]1. The second-order valence-corrected chi connectivity index (χ2v) is 24.2. The van der Waals surface area contributed by atoms with Crippen LogP contribution in [0.1, 0.15) is 122 Å². The second-order valence-electron chi connectivity index (χ2n) is 24.2. The Hall–Kier alpha value is -7.74. The van der Waals surface area contributed by atoms with Crippen LogP contribution in [0.4, 0.5) is 9.59 Å². The van der Waals surface area contributed by atoms with Crippen molar-refractivity contribution in [3.05, 3.63) is 144 Å². The van der Waals surface area contributed by atoms with E-state index in [0.29, 0.717) is 36.4 Å². The fraction of sp³-hybridized carbons (Fsp3) is 0.397. The number of carbonyl (C=O) groups is 4. The first-order valence-corrected chi connectivity index (χ1v) is 27.4. The van der Waals surface area contributed by atoms with E-state index in [2.05, 4.69) is 103 Å². The highest BCUT2D eigenvalue weighted by atomic mass is 16.6. The molecular weight excluding hydrogens is 965 g/mol. The molecule has 0 bridgehead atoms. The number of aromatic nitrogens is 4. The molecule has 4 heterocycles. The Balaban J connectivity index is 0.813. The summed E-state index contributed by atoms with van der Waals surface area (Å²) in [5.74, 6) is 2.78. The average molecular weight is 1040 g/mol. The minimum Gasteiger partial charge on any atom is -0.410 e. The number of rotatable bonds is 13. The average Bonchev–Trinajstić information content (AvgIpc) is 4.28. The normalized spacial score (nSPS) is 20.9. The fourth-order valence-electron chi connectivity index (χ4n) is 12.5. The van der Waals surface area contributed by atoms with Crippen molar-refractivity contribution in [3.8, 4) is 45.0 Å². The van der Waals surface area contributed by atoms with Crippen molar-refractivity contribution in [2.45, 2.75) is 118 Å². The molecule has 14 heteroatoms. The van der Waals surface area contributed by atoms with E-state index < -0.39 is 24.3 Å². The molecule has 3 fully saturated rings. The van der Waals surface area contributed by atoms with Gasteiger partial charge < -0.3 is 39.9 Å². The fourth-order valence-corrected chi connectivity index (χ4v) is 12.5. The highest BCUT2D eigenvalue weighted by molar-refractivity contribution is 5.89. The Labute approximate surface area is 450 Å². The number of ether oxygens (including phenoxy) is 2. The predicted octanol–water partition coefficient (Wildman–Crippen LogP) is 12.6. The number of hydrogen-bond acceptors (Lipinski definition) is 8. The number of para-hydroxylation sites is 2. The summed E-state index contributed by atoms with van der Waals surface area (Å²) in [7, 11) is 0. The number of likely N-dealkylation sites (tertiary alicyclic amines) is 2. The van der Waals surface area contributed by atoms with Crippen molar-refractivity contribution >= 4 is 35.0 Å². The van der Waals surface area contributed by atoms with Crippen molar-refractivity contribution in [1.29, 1.82) is 0 Å². The lowest BCUT2D eigenvalue weighted by Crippen LogP contribution is -2.52. The molecule has 398 valence electrons. The van der Waals surface area contributed by atoms with Gasteiger partial charge >= 0.3 is 12.2 Å². The first-order chi connectivity index (χ1) is 36.9. The molecule has 6 atom stereocenters. The first kappa shape index (κ1) is 51.4. The van der Waals surface area contributed by atoms with Gasteiger partial charge in [-0.15, -0.1) is 0 Å². The number of nitrogens with zero attached hydrogens (tertiary/aromatic N) is 4. The number of aromatic amines is 2. The van der Waals surface area contributed by atoms with Gasteiger partial charge in [-0.3, -0.25) is 9.59 Å². The van der Waals surface area contributed by atoms with Gasteiger partial charge in [-0.1, -0.05) is 134 Å². The third-order valence-electron chi connectivity index (χ3n) is 16.5. The van der Waals surface area contributed by atoms with Crippen LogP contribution in [0.5, 0.6) is 11.5 Å². The summed E-state index contributed by atoms with van der Waals surface area (Å²) in [5.41, 5.74) is 11.0. The Kier molecular flexibility index (Phi) is 13.6. The van der Waals surface area contributed by atoms with Gasteiger partial charge in [0.25, 0.3) is 0 Å². The van der Waals surface area contributed by atoms with Gasteiger partial charge in [0, 0.05) is 13.1 Å². The topological polar surface area (TPSA) is 175 Å². The Bertz CT molecular complexity index is 3340. The van der Waals surface area contributed by atoms with Gasteiger partial charge in [-0.25, -0.2) is 19.6 Å². The zero-order valence-corrected chi connectivity index (χ0v) is 45.4. The summed E-state index contributed by atoms with van der Waals surface area (Å²) in [6, 6.07) is 35.4. The Morgan fingerprint density at radius 2 is 1.16 bits per heavy atom. The molecule has 14 nitrogen and oxygen atoms in total. The van der Waals surface area contributed by atoms with Crippen LogP contribution in [-0.2, 0) is 16.0 Å². The number of imidazole rings is 2. The molecule has 4 N–H and O–H groups in total. The quantitative estimate of drug-likeness (QED) is 0.0883. The van der Waals surface area contributed by atoms with E-state index in [1.807, 2.05) is 55.8 Å². The summed E-state index contributed by atoms with van der Waals surface area (Å²) in [4.78, 5) is 75.8. The van der Waals surface area contributed by atoms with E-state index in [4.69, 9.17) is 19.4 Å². The number of H-pyrrole nitrogens is 2. The van der Waals surface area contributed by atoms with Crippen LogP contribution in [0.15, 0.2) is 121 Å². The van der Waals surface area contributed by atoms with Crippen molar-refractivity contribution in [3.63, 3.8) is 0 Å². The van der Waals surface area contributed by atoms with Gasteiger partial charge in [0.05, 0.1) is 35.0 Å². The molecule has 2 aromatic heterocycles. The van der Waals surface area contributed by atoms with Gasteiger partial charge in [0.2, 0.25) is 11.8 Å². The van der Waals surface area contributed by atoms with Crippen LogP contribution < -0.4 is 20.1 Å². The molecule has 4 amide bonds. The number of carbonyl (C=O) groups excluding carboxylic acids is 4. The smallest absolute Gasteiger partial charge is 0.410 e. The van der Waals surface area contributed by atoms with E-state index in [9.17, 15) is 19.2 Å². The maximum Gasteiger partial charge on any atom is 0.413 e. The summed E-state index contributed by atoms with van der Waals surface area (Å²) in [5, 5.41) is 5.72. The molecule has 0 radical (unpaired) electrons. The molecule has 1 saturated carbocycles. The molecule has 5 aromatic carbocycles. The molecule has 11 rings (SSSR count). The number of hydrogen-bond donors (Lipinski definition) is 4. The molecule has 7 aromatic rings. The van der Waals surface area contributed by atoms with Gasteiger partial charge in [0.1, 0.15) is 35.2 Å². The van der Waals surface area contributed by atoms with Crippen molar-refractivity contribution in [1.82, 2.24) is 40.4 Å². The molecule has 4 aliphatic rings. The zero-order chi connectivity index (χ0) is 53.9. The molecule has 2 aliphatic carbocycles. The van der Waals surface area contributed by atoms with Crippen LogP contribution in [0.25, 0.3) is 44.5 Å². The molecular formula is C63H70N8O6. The standard InChI is InChI=1S/C63H70N8O6/c1-36(2)54(68-60(74)76-42-15-11-9-12-16-42)58(72)70-34-62(5,6)31-51(70)56-64-33-50(67-56)39-21-19-38(20-22-39)45-27-26-44(47-29-40-23-25-46(40)53(45)47)41-24-28-48-49(30-41)66-57(65-48)52-32-63(7,8)35-71(52)59(73)55(37(3)4)69-61(75)77-43-17-13-10-14-18-43/h9-22,24,26-28,30,33,36-37,40,46,51-52,54-55H,23,25,29,31-32,34-35H2,1-8H3,(H,64,67)(H,65,66)(H,68,74)(H,69,75)/t40?,46?,51-,52-,54-,55-/m0/s1. The largest absolute Gasteiger partial charge is 0.413 e. The minimum absolute atomic E-state index is 0.154. The highest BCUT2D eigenvalue weighted by Crippen LogP contribution is 2.56. The minimum atomic E-state index is -0.780.